The number of halogens is 1. The van der Waals surface area contributed by atoms with Crippen molar-refractivity contribution in [3.05, 3.63) is 47.2 Å². The van der Waals surface area contributed by atoms with Crippen molar-refractivity contribution < 1.29 is 9.62 Å². The Morgan fingerprint density at radius 1 is 1.27 bits per heavy atom. The molecule has 3 nitrogen and oxygen atoms in total. The Bertz CT molecular complexity index is 491. The second kappa shape index (κ2) is 4.19. The molecule has 0 aliphatic carbocycles. The van der Waals surface area contributed by atoms with E-state index in [1.54, 1.807) is 24.3 Å². The molecule has 0 saturated heterocycles. The summed E-state index contributed by atoms with van der Waals surface area (Å²) >= 11 is 5.85. The van der Waals surface area contributed by atoms with E-state index in [1.807, 2.05) is 12.1 Å². The fourth-order valence-corrected chi connectivity index (χ4v) is 1.47. The number of oxime groups is 1. The van der Waals surface area contributed by atoms with Gasteiger partial charge in [0.2, 0.25) is 0 Å². The lowest BCUT2D eigenvalue weighted by Crippen LogP contribution is -1.74. The predicted octanol–water partition coefficient (Wildman–Crippen LogP) is 3.41. The van der Waals surface area contributed by atoms with Crippen LogP contribution in [0.4, 0.5) is 0 Å². The lowest BCUT2D eigenvalue weighted by Gasteiger charge is -1.96. The van der Waals surface area contributed by atoms with Crippen molar-refractivity contribution in [1.29, 1.82) is 0 Å². The van der Waals surface area contributed by atoms with E-state index in [4.69, 9.17) is 21.2 Å². The van der Waals surface area contributed by atoms with E-state index in [2.05, 4.69) is 5.16 Å². The maximum Gasteiger partial charge on any atom is 0.149 e. The molecule has 0 spiro atoms. The van der Waals surface area contributed by atoms with Crippen LogP contribution >= 0.6 is 11.6 Å². The van der Waals surface area contributed by atoms with Crippen molar-refractivity contribution >= 4 is 17.8 Å². The molecule has 1 aromatic carbocycles. The summed E-state index contributed by atoms with van der Waals surface area (Å²) in [4.78, 5) is 0. The van der Waals surface area contributed by atoms with Crippen molar-refractivity contribution in [2.24, 2.45) is 5.16 Å². The lowest BCUT2D eigenvalue weighted by atomic mass is 10.2. The lowest BCUT2D eigenvalue weighted by molar-refractivity contribution is 0.321. The van der Waals surface area contributed by atoms with Gasteiger partial charge >= 0.3 is 0 Å². The smallest absolute Gasteiger partial charge is 0.149 e. The van der Waals surface area contributed by atoms with Gasteiger partial charge in [0, 0.05) is 10.6 Å². The quantitative estimate of drug-likeness (QED) is 0.480. The van der Waals surface area contributed by atoms with Crippen LogP contribution in [-0.4, -0.2) is 11.4 Å². The van der Waals surface area contributed by atoms with E-state index in [1.165, 1.54) is 6.21 Å². The first-order chi connectivity index (χ1) is 7.29. The molecule has 15 heavy (non-hydrogen) atoms. The fraction of sp³-hybridized carbons (Fsp3) is 0. The van der Waals surface area contributed by atoms with Crippen LogP contribution in [0.5, 0.6) is 0 Å². The van der Waals surface area contributed by atoms with Gasteiger partial charge in [-0.05, 0) is 24.3 Å². The maximum absolute atomic E-state index is 8.33. The number of benzene rings is 1. The van der Waals surface area contributed by atoms with Crippen molar-refractivity contribution in [3.8, 4) is 11.3 Å². The first kappa shape index (κ1) is 9.80. The fourth-order valence-electron chi connectivity index (χ4n) is 1.28. The SMILES string of the molecule is O/N=C/c1ccc(-c2cccc(Cl)c2)o1. The van der Waals surface area contributed by atoms with Crippen molar-refractivity contribution in [2.45, 2.75) is 0 Å². The Morgan fingerprint density at radius 2 is 2.13 bits per heavy atom. The second-order valence-electron chi connectivity index (χ2n) is 2.96. The topological polar surface area (TPSA) is 45.7 Å². The van der Waals surface area contributed by atoms with Crippen LogP contribution in [0.15, 0.2) is 46.0 Å². The first-order valence-corrected chi connectivity index (χ1v) is 4.70. The largest absolute Gasteiger partial charge is 0.455 e. The second-order valence-corrected chi connectivity index (χ2v) is 3.39. The molecule has 2 aromatic rings. The first-order valence-electron chi connectivity index (χ1n) is 4.33. The van der Waals surface area contributed by atoms with Gasteiger partial charge in [0.1, 0.15) is 17.7 Å². The van der Waals surface area contributed by atoms with E-state index < -0.39 is 0 Å². The van der Waals surface area contributed by atoms with E-state index in [9.17, 15) is 0 Å². The molecule has 0 aliphatic heterocycles. The van der Waals surface area contributed by atoms with E-state index in [0.717, 1.165) is 5.56 Å². The minimum Gasteiger partial charge on any atom is -0.455 e. The number of furan rings is 1. The van der Waals surface area contributed by atoms with Gasteiger partial charge in [0.15, 0.2) is 0 Å². The Labute approximate surface area is 91.6 Å². The zero-order chi connectivity index (χ0) is 10.7. The van der Waals surface area contributed by atoms with Crippen LogP contribution in [0.2, 0.25) is 5.02 Å². The molecule has 0 unspecified atom stereocenters. The van der Waals surface area contributed by atoms with E-state index in [0.29, 0.717) is 16.5 Å². The molecular formula is C11H8ClNO2. The van der Waals surface area contributed by atoms with Gasteiger partial charge < -0.3 is 9.62 Å². The Balaban J connectivity index is 2.37. The number of nitrogens with zero attached hydrogens (tertiary/aromatic N) is 1. The molecule has 0 aliphatic rings. The summed E-state index contributed by atoms with van der Waals surface area (Å²) in [5, 5.41) is 11.9. The molecule has 76 valence electrons. The van der Waals surface area contributed by atoms with Gasteiger partial charge in [0.25, 0.3) is 0 Å². The predicted molar refractivity (Wildman–Crippen MR) is 58.5 cm³/mol. The van der Waals surface area contributed by atoms with Gasteiger partial charge in [0.05, 0.1) is 0 Å². The number of hydrogen-bond acceptors (Lipinski definition) is 3. The van der Waals surface area contributed by atoms with Crippen LogP contribution < -0.4 is 0 Å². The molecule has 1 aromatic heterocycles. The molecular weight excluding hydrogens is 214 g/mol. The zero-order valence-corrected chi connectivity index (χ0v) is 8.48. The molecule has 1 heterocycles. The molecule has 2 rings (SSSR count). The monoisotopic (exact) mass is 221 g/mol. The highest BCUT2D eigenvalue weighted by Gasteiger charge is 2.03. The minimum absolute atomic E-state index is 0.493. The van der Waals surface area contributed by atoms with Gasteiger partial charge in [-0.2, -0.15) is 0 Å². The Kier molecular flexibility index (Phi) is 2.74. The van der Waals surface area contributed by atoms with Crippen LogP contribution in [0.1, 0.15) is 5.76 Å². The van der Waals surface area contributed by atoms with E-state index in [-0.39, 0.29) is 0 Å². The van der Waals surface area contributed by atoms with Crippen LogP contribution in [-0.2, 0) is 0 Å². The van der Waals surface area contributed by atoms with Crippen molar-refractivity contribution in [3.63, 3.8) is 0 Å². The van der Waals surface area contributed by atoms with E-state index >= 15 is 0 Å². The summed E-state index contributed by atoms with van der Waals surface area (Å²) in [6, 6.07) is 10.9. The van der Waals surface area contributed by atoms with Gasteiger partial charge in [-0.15, -0.1) is 0 Å². The molecule has 1 N–H and O–H groups in total. The molecule has 0 fully saturated rings. The highest BCUT2D eigenvalue weighted by molar-refractivity contribution is 6.30. The van der Waals surface area contributed by atoms with Crippen LogP contribution in [0.25, 0.3) is 11.3 Å². The average molecular weight is 222 g/mol. The van der Waals surface area contributed by atoms with Gasteiger partial charge in [-0.25, -0.2) is 0 Å². The summed E-state index contributed by atoms with van der Waals surface area (Å²) < 4.78 is 5.40. The third-order valence-corrected chi connectivity index (χ3v) is 2.16. The Hall–Kier alpha value is -1.74. The third-order valence-electron chi connectivity index (χ3n) is 1.92. The van der Waals surface area contributed by atoms with Crippen molar-refractivity contribution in [2.75, 3.05) is 0 Å². The number of hydrogen-bond donors (Lipinski definition) is 1. The maximum atomic E-state index is 8.33. The standard InChI is InChI=1S/C11H8ClNO2/c12-9-3-1-2-8(6-9)11-5-4-10(15-11)7-13-14/h1-7,14H/b13-7+. The van der Waals surface area contributed by atoms with Crippen molar-refractivity contribution in [1.82, 2.24) is 0 Å². The third kappa shape index (κ3) is 2.19. The summed E-state index contributed by atoms with van der Waals surface area (Å²) in [7, 11) is 0. The van der Waals surface area contributed by atoms with Gasteiger partial charge in [-0.1, -0.05) is 28.9 Å². The Morgan fingerprint density at radius 3 is 2.87 bits per heavy atom. The van der Waals surface area contributed by atoms with Gasteiger partial charge in [-0.3, -0.25) is 0 Å². The summed E-state index contributed by atoms with van der Waals surface area (Å²) in [5.41, 5.74) is 0.889. The number of rotatable bonds is 2. The highest BCUT2D eigenvalue weighted by atomic mass is 35.5. The summed E-state index contributed by atoms with van der Waals surface area (Å²) in [6.45, 7) is 0. The zero-order valence-electron chi connectivity index (χ0n) is 7.72. The normalized spacial score (nSPS) is 11.0. The molecule has 0 saturated carbocycles. The molecule has 0 amide bonds. The molecule has 0 radical (unpaired) electrons. The molecule has 0 atom stereocenters. The van der Waals surface area contributed by atoms with Crippen LogP contribution in [0, 0.1) is 0 Å². The molecule has 4 heteroatoms. The minimum atomic E-state index is 0.493. The average Bonchev–Trinajstić information content (AvgIpc) is 2.67. The summed E-state index contributed by atoms with van der Waals surface area (Å²) in [5.74, 6) is 1.18. The van der Waals surface area contributed by atoms with Crippen LogP contribution in [0.3, 0.4) is 0 Å². The summed E-state index contributed by atoms with van der Waals surface area (Å²) in [6.07, 6.45) is 1.23. The molecule has 0 bridgehead atoms. The highest BCUT2D eigenvalue weighted by Crippen LogP contribution is 2.24.